The molecule has 0 radical (unpaired) electrons. The molecule has 7 heteroatoms. The summed E-state index contributed by atoms with van der Waals surface area (Å²) in [5.41, 5.74) is -0.732. The van der Waals surface area contributed by atoms with E-state index in [1.807, 2.05) is 6.92 Å². The summed E-state index contributed by atoms with van der Waals surface area (Å²) in [5.74, 6) is -1.98. The van der Waals surface area contributed by atoms with Crippen LogP contribution in [0.25, 0.3) is 0 Å². The molecule has 0 spiro atoms. The Labute approximate surface area is 118 Å². The van der Waals surface area contributed by atoms with Crippen LogP contribution in [0.3, 0.4) is 0 Å². The summed E-state index contributed by atoms with van der Waals surface area (Å²) < 4.78 is 9.88. The molecule has 0 saturated heterocycles. The van der Waals surface area contributed by atoms with E-state index < -0.39 is 36.1 Å². The molecule has 0 aliphatic rings. The van der Waals surface area contributed by atoms with E-state index in [-0.39, 0.29) is 6.61 Å². The number of carbonyl (C=O) groups excluding carboxylic acids is 2. The maximum atomic E-state index is 11.7. The van der Waals surface area contributed by atoms with Crippen LogP contribution in [0.5, 0.6) is 0 Å². The van der Waals surface area contributed by atoms with Gasteiger partial charge in [-0.25, -0.2) is 9.59 Å². The maximum Gasteiger partial charge on any atom is 0.408 e. The zero-order valence-corrected chi connectivity index (χ0v) is 12.4. The van der Waals surface area contributed by atoms with Crippen LogP contribution < -0.4 is 5.32 Å². The second-order valence-electron chi connectivity index (χ2n) is 5.32. The van der Waals surface area contributed by atoms with Crippen molar-refractivity contribution < 1.29 is 29.0 Å². The average Bonchev–Trinajstić information content (AvgIpc) is 2.25. The van der Waals surface area contributed by atoms with Gasteiger partial charge in [-0.15, -0.1) is 0 Å². The fraction of sp³-hybridized carbons (Fsp3) is 0.769. The van der Waals surface area contributed by atoms with E-state index in [1.54, 1.807) is 20.8 Å². The largest absolute Gasteiger partial charge is 0.481 e. The molecule has 0 aromatic heterocycles. The molecule has 7 nitrogen and oxygen atoms in total. The Bertz CT molecular complexity index is 347. The molecule has 116 valence electrons. The first-order valence-electron chi connectivity index (χ1n) is 6.53. The van der Waals surface area contributed by atoms with Gasteiger partial charge in [0.05, 0.1) is 13.0 Å². The van der Waals surface area contributed by atoms with Crippen molar-refractivity contribution in [2.24, 2.45) is 0 Å². The molecule has 0 aliphatic carbocycles. The van der Waals surface area contributed by atoms with Crippen molar-refractivity contribution in [1.29, 1.82) is 0 Å². The average molecular weight is 289 g/mol. The van der Waals surface area contributed by atoms with Crippen LogP contribution in [0.4, 0.5) is 4.79 Å². The third-order valence-corrected chi connectivity index (χ3v) is 2.10. The Balaban J connectivity index is 4.51. The molecule has 0 aromatic rings. The van der Waals surface area contributed by atoms with Crippen molar-refractivity contribution in [3.8, 4) is 0 Å². The van der Waals surface area contributed by atoms with Gasteiger partial charge in [-0.05, 0) is 27.2 Å². The lowest BCUT2D eigenvalue weighted by Gasteiger charge is -2.22. The highest BCUT2D eigenvalue weighted by Crippen LogP contribution is 2.08. The summed E-state index contributed by atoms with van der Waals surface area (Å²) in [5, 5.41) is 11.0. The zero-order chi connectivity index (χ0) is 15.8. The molecule has 1 amide bonds. The quantitative estimate of drug-likeness (QED) is 0.546. The number of unbranched alkanes of at least 4 members (excludes halogenated alkanes) is 1. The van der Waals surface area contributed by atoms with E-state index in [2.05, 4.69) is 5.32 Å². The first-order valence-corrected chi connectivity index (χ1v) is 6.53. The minimum atomic E-state index is -1.25. The summed E-state index contributed by atoms with van der Waals surface area (Å²) in [6.45, 7) is 7.12. The lowest BCUT2D eigenvalue weighted by Crippen LogP contribution is -2.45. The minimum absolute atomic E-state index is 0.196. The van der Waals surface area contributed by atoms with Crippen LogP contribution in [0.2, 0.25) is 0 Å². The Hall–Kier alpha value is -1.79. The Kier molecular flexibility index (Phi) is 7.64. The molecular formula is C13H23NO6. The molecule has 20 heavy (non-hydrogen) atoms. The van der Waals surface area contributed by atoms with Gasteiger partial charge in [0.1, 0.15) is 11.6 Å². The number of ether oxygens (including phenoxy) is 2. The van der Waals surface area contributed by atoms with Gasteiger partial charge < -0.3 is 19.9 Å². The number of carboxylic acids is 1. The van der Waals surface area contributed by atoms with Crippen LogP contribution in [-0.2, 0) is 19.1 Å². The lowest BCUT2D eigenvalue weighted by atomic mass is 10.2. The Morgan fingerprint density at radius 3 is 2.30 bits per heavy atom. The number of alkyl carbamates (subject to hydrolysis) is 1. The highest BCUT2D eigenvalue weighted by atomic mass is 16.6. The molecule has 0 bridgehead atoms. The second-order valence-corrected chi connectivity index (χ2v) is 5.32. The van der Waals surface area contributed by atoms with Gasteiger partial charge in [0.25, 0.3) is 0 Å². The molecule has 0 aromatic carbocycles. The molecule has 2 N–H and O–H groups in total. The SMILES string of the molecule is CCCCOC(=O)C(CC(=O)O)NC(=O)OC(C)(C)C. The van der Waals surface area contributed by atoms with Gasteiger partial charge in [-0.1, -0.05) is 13.3 Å². The van der Waals surface area contributed by atoms with Crippen molar-refractivity contribution in [3.05, 3.63) is 0 Å². The van der Waals surface area contributed by atoms with Crippen LogP contribution >= 0.6 is 0 Å². The molecule has 0 aliphatic heterocycles. The van der Waals surface area contributed by atoms with Gasteiger partial charge in [0.2, 0.25) is 0 Å². The monoisotopic (exact) mass is 289 g/mol. The van der Waals surface area contributed by atoms with E-state index in [1.165, 1.54) is 0 Å². The van der Waals surface area contributed by atoms with Crippen LogP contribution in [0.1, 0.15) is 47.0 Å². The number of esters is 1. The highest BCUT2D eigenvalue weighted by Gasteiger charge is 2.27. The van der Waals surface area contributed by atoms with Crippen LogP contribution in [0, 0.1) is 0 Å². The number of carbonyl (C=O) groups is 3. The topological polar surface area (TPSA) is 102 Å². The molecule has 1 unspecified atom stereocenters. The van der Waals surface area contributed by atoms with Gasteiger partial charge >= 0.3 is 18.0 Å². The van der Waals surface area contributed by atoms with Crippen molar-refractivity contribution in [2.45, 2.75) is 58.6 Å². The van der Waals surface area contributed by atoms with Crippen molar-refractivity contribution in [2.75, 3.05) is 6.61 Å². The fourth-order valence-electron chi connectivity index (χ4n) is 1.24. The van der Waals surface area contributed by atoms with Crippen LogP contribution in [-0.4, -0.2) is 41.4 Å². The van der Waals surface area contributed by atoms with E-state index in [0.29, 0.717) is 6.42 Å². The third kappa shape index (κ3) is 9.18. The lowest BCUT2D eigenvalue weighted by molar-refractivity contribution is -0.150. The number of rotatable bonds is 7. The summed E-state index contributed by atoms with van der Waals surface area (Å²) in [4.78, 5) is 34.0. The van der Waals surface area contributed by atoms with Crippen molar-refractivity contribution >= 4 is 18.0 Å². The van der Waals surface area contributed by atoms with Gasteiger partial charge in [-0.2, -0.15) is 0 Å². The summed E-state index contributed by atoms with van der Waals surface area (Å²) in [7, 11) is 0. The molecule has 0 saturated carbocycles. The summed E-state index contributed by atoms with van der Waals surface area (Å²) >= 11 is 0. The van der Waals surface area contributed by atoms with Gasteiger partial charge in [0.15, 0.2) is 0 Å². The minimum Gasteiger partial charge on any atom is -0.481 e. The molecule has 0 heterocycles. The standard InChI is InChI=1S/C13H23NO6/c1-5-6-7-19-11(17)9(8-10(15)16)14-12(18)20-13(2,3)4/h9H,5-8H2,1-4H3,(H,14,18)(H,15,16). The van der Waals surface area contributed by atoms with E-state index in [9.17, 15) is 14.4 Å². The highest BCUT2D eigenvalue weighted by molar-refractivity contribution is 5.85. The van der Waals surface area contributed by atoms with E-state index in [4.69, 9.17) is 14.6 Å². The van der Waals surface area contributed by atoms with Crippen LogP contribution in [0.15, 0.2) is 0 Å². The van der Waals surface area contributed by atoms with E-state index in [0.717, 1.165) is 6.42 Å². The van der Waals surface area contributed by atoms with Gasteiger partial charge in [-0.3, -0.25) is 4.79 Å². The maximum absolute atomic E-state index is 11.7. The third-order valence-electron chi connectivity index (χ3n) is 2.10. The second kappa shape index (κ2) is 8.39. The van der Waals surface area contributed by atoms with Gasteiger partial charge in [0, 0.05) is 0 Å². The molecule has 0 fully saturated rings. The molecule has 0 rings (SSSR count). The predicted octanol–water partition coefficient (Wildman–Crippen LogP) is 1.70. The summed E-state index contributed by atoms with van der Waals surface area (Å²) in [6, 6.07) is -1.25. The number of carboxylic acid groups (broad SMARTS) is 1. The number of amides is 1. The fourth-order valence-corrected chi connectivity index (χ4v) is 1.24. The summed E-state index contributed by atoms with van der Waals surface area (Å²) in [6.07, 6.45) is 0.120. The van der Waals surface area contributed by atoms with E-state index >= 15 is 0 Å². The number of nitrogens with one attached hydrogen (secondary N) is 1. The smallest absolute Gasteiger partial charge is 0.408 e. The van der Waals surface area contributed by atoms with Crippen molar-refractivity contribution in [3.63, 3.8) is 0 Å². The van der Waals surface area contributed by atoms with Crippen molar-refractivity contribution in [1.82, 2.24) is 5.32 Å². The number of hydrogen-bond donors (Lipinski definition) is 2. The number of hydrogen-bond acceptors (Lipinski definition) is 5. The predicted molar refractivity (Wildman–Crippen MR) is 71.3 cm³/mol. The Morgan fingerprint density at radius 1 is 1.25 bits per heavy atom. The number of aliphatic carboxylic acids is 1. The first kappa shape index (κ1) is 18.2. The zero-order valence-electron chi connectivity index (χ0n) is 12.4. The molecule has 1 atom stereocenters. The Morgan fingerprint density at radius 2 is 1.85 bits per heavy atom. The molecular weight excluding hydrogens is 266 g/mol. The first-order chi connectivity index (χ1) is 9.15. The normalized spacial score (nSPS) is 12.4.